The summed E-state index contributed by atoms with van der Waals surface area (Å²) in [4.78, 5) is 11.8. The molecule has 17 heavy (non-hydrogen) atoms. The van der Waals surface area contributed by atoms with Crippen molar-refractivity contribution < 1.29 is 9.53 Å². The minimum atomic E-state index is -0.313. The molecule has 1 saturated heterocycles. The Morgan fingerprint density at radius 2 is 2.00 bits per heavy atom. The van der Waals surface area contributed by atoms with Crippen molar-refractivity contribution in [3.05, 3.63) is 0 Å². The number of carbonyl (C=O) groups is 1. The highest BCUT2D eigenvalue weighted by atomic mass is 16.6. The zero-order chi connectivity index (χ0) is 12.9. The molecular formula is C14H27NO2. The first-order valence-corrected chi connectivity index (χ1v) is 6.88. The van der Waals surface area contributed by atoms with Crippen LogP contribution in [0.2, 0.25) is 0 Å². The van der Waals surface area contributed by atoms with Crippen LogP contribution in [-0.2, 0) is 9.53 Å². The summed E-state index contributed by atoms with van der Waals surface area (Å²) in [6, 6.07) is 0. The number of ether oxygens (including phenoxy) is 1. The molecule has 0 amide bonds. The minimum Gasteiger partial charge on any atom is -0.459 e. The van der Waals surface area contributed by atoms with Gasteiger partial charge in [0.2, 0.25) is 0 Å². The molecule has 100 valence electrons. The number of hydrogen-bond acceptors (Lipinski definition) is 3. The van der Waals surface area contributed by atoms with E-state index in [-0.39, 0.29) is 11.6 Å². The fourth-order valence-electron chi connectivity index (χ4n) is 2.36. The third-order valence-corrected chi connectivity index (χ3v) is 3.91. The van der Waals surface area contributed by atoms with Crippen LogP contribution in [0.5, 0.6) is 0 Å². The summed E-state index contributed by atoms with van der Waals surface area (Å²) in [5.74, 6) is 0.874. The average molecular weight is 241 g/mol. The lowest BCUT2D eigenvalue weighted by Crippen LogP contribution is -2.42. The molecule has 3 nitrogen and oxygen atoms in total. The number of nitrogens with one attached hydrogen (secondary N) is 1. The van der Waals surface area contributed by atoms with Gasteiger partial charge in [0.25, 0.3) is 0 Å². The standard InChI is InChI=1S/C14H27NO2/c1-5-11(2)10-13(16)17-14(3,4)12-6-8-15-9-7-12/h11-12,15H,5-10H2,1-4H3. The summed E-state index contributed by atoms with van der Waals surface area (Å²) < 4.78 is 5.68. The van der Waals surface area contributed by atoms with Crippen LogP contribution >= 0.6 is 0 Å². The second-order valence-electron chi connectivity index (χ2n) is 5.82. The molecule has 3 heteroatoms. The number of piperidine rings is 1. The SMILES string of the molecule is CCC(C)CC(=O)OC(C)(C)C1CCNCC1. The highest BCUT2D eigenvalue weighted by Gasteiger charge is 2.34. The quantitative estimate of drug-likeness (QED) is 0.752. The molecule has 1 N–H and O–H groups in total. The summed E-state index contributed by atoms with van der Waals surface area (Å²) in [5, 5.41) is 3.34. The van der Waals surface area contributed by atoms with Crippen LogP contribution in [0.1, 0.15) is 53.4 Å². The third-order valence-electron chi connectivity index (χ3n) is 3.91. The van der Waals surface area contributed by atoms with Crippen LogP contribution in [-0.4, -0.2) is 24.7 Å². The first-order chi connectivity index (χ1) is 7.95. The molecular weight excluding hydrogens is 214 g/mol. The fourth-order valence-corrected chi connectivity index (χ4v) is 2.36. The number of hydrogen-bond donors (Lipinski definition) is 1. The third kappa shape index (κ3) is 4.66. The van der Waals surface area contributed by atoms with Crippen LogP contribution in [0.4, 0.5) is 0 Å². The van der Waals surface area contributed by atoms with Crippen molar-refractivity contribution in [1.29, 1.82) is 0 Å². The monoisotopic (exact) mass is 241 g/mol. The average Bonchev–Trinajstić information content (AvgIpc) is 2.29. The van der Waals surface area contributed by atoms with E-state index >= 15 is 0 Å². The van der Waals surface area contributed by atoms with Gasteiger partial charge in [0.05, 0.1) is 0 Å². The number of carbonyl (C=O) groups excluding carboxylic acids is 1. The van der Waals surface area contributed by atoms with Crippen molar-refractivity contribution in [2.24, 2.45) is 11.8 Å². The van der Waals surface area contributed by atoms with Crippen LogP contribution in [0.3, 0.4) is 0 Å². The van der Waals surface area contributed by atoms with Gasteiger partial charge in [0.15, 0.2) is 0 Å². The molecule has 0 aromatic heterocycles. The predicted octanol–water partition coefficient (Wildman–Crippen LogP) is 2.74. The van der Waals surface area contributed by atoms with Crippen LogP contribution in [0.15, 0.2) is 0 Å². The highest BCUT2D eigenvalue weighted by Crippen LogP contribution is 2.29. The van der Waals surface area contributed by atoms with Crippen LogP contribution in [0, 0.1) is 11.8 Å². The molecule has 0 aromatic rings. The van der Waals surface area contributed by atoms with Gasteiger partial charge in [-0.2, -0.15) is 0 Å². The molecule has 0 bridgehead atoms. The van der Waals surface area contributed by atoms with Gasteiger partial charge >= 0.3 is 5.97 Å². The van der Waals surface area contributed by atoms with E-state index in [9.17, 15) is 4.79 Å². The maximum Gasteiger partial charge on any atom is 0.306 e. The van der Waals surface area contributed by atoms with E-state index < -0.39 is 0 Å². The first-order valence-electron chi connectivity index (χ1n) is 6.88. The second kappa shape index (κ2) is 6.39. The summed E-state index contributed by atoms with van der Waals surface area (Å²) in [5.41, 5.74) is -0.313. The molecule has 0 spiro atoms. The maximum absolute atomic E-state index is 11.8. The van der Waals surface area contributed by atoms with Crippen molar-refractivity contribution in [2.45, 2.75) is 59.0 Å². The van der Waals surface area contributed by atoms with Gasteiger partial charge in [0, 0.05) is 12.3 Å². The summed E-state index contributed by atoms with van der Waals surface area (Å²) in [7, 11) is 0. The Balaban J connectivity index is 2.44. The van der Waals surface area contributed by atoms with Gasteiger partial charge in [-0.05, 0) is 45.7 Å². The van der Waals surface area contributed by atoms with Gasteiger partial charge in [-0.25, -0.2) is 0 Å². The van der Waals surface area contributed by atoms with E-state index in [4.69, 9.17) is 4.74 Å². The predicted molar refractivity (Wildman–Crippen MR) is 69.8 cm³/mol. The van der Waals surface area contributed by atoms with E-state index in [0.717, 1.165) is 32.4 Å². The summed E-state index contributed by atoms with van der Waals surface area (Å²) in [6.45, 7) is 10.4. The molecule has 1 aliphatic heterocycles. The molecule has 0 saturated carbocycles. The lowest BCUT2D eigenvalue weighted by atomic mass is 9.83. The smallest absolute Gasteiger partial charge is 0.306 e. The lowest BCUT2D eigenvalue weighted by molar-refractivity contribution is -0.163. The topological polar surface area (TPSA) is 38.3 Å². The van der Waals surface area contributed by atoms with E-state index in [1.54, 1.807) is 0 Å². The number of esters is 1. The Morgan fingerprint density at radius 3 is 2.53 bits per heavy atom. The minimum absolute atomic E-state index is 0.0390. The fraction of sp³-hybridized carbons (Fsp3) is 0.929. The van der Waals surface area contributed by atoms with Gasteiger partial charge in [-0.15, -0.1) is 0 Å². The van der Waals surface area contributed by atoms with E-state index in [2.05, 4.69) is 33.0 Å². The zero-order valence-corrected chi connectivity index (χ0v) is 11.7. The Labute approximate surface area is 105 Å². The molecule has 0 aromatic carbocycles. The maximum atomic E-state index is 11.8. The van der Waals surface area contributed by atoms with E-state index in [1.807, 2.05) is 0 Å². The van der Waals surface area contributed by atoms with Gasteiger partial charge in [0.1, 0.15) is 5.60 Å². The van der Waals surface area contributed by atoms with Crippen molar-refractivity contribution >= 4 is 5.97 Å². The molecule has 0 radical (unpaired) electrons. The molecule has 1 unspecified atom stereocenters. The summed E-state index contributed by atoms with van der Waals surface area (Å²) >= 11 is 0. The van der Waals surface area contributed by atoms with Crippen molar-refractivity contribution in [2.75, 3.05) is 13.1 Å². The molecule has 0 aliphatic carbocycles. The molecule has 1 heterocycles. The first kappa shape index (κ1) is 14.5. The molecule has 1 atom stereocenters. The van der Waals surface area contributed by atoms with Crippen LogP contribution < -0.4 is 5.32 Å². The molecule has 1 fully saturated rings. The Morgan fingerprint density at radius 1 is 1.41 bits per heavy atom. The number of rotatable bonds is 5. The van der Waals surface area contributed by atoms with Crippen molar-refractivity contribution in [1.82, 2.24) is 5.32 Å². The van der Waals surface area contributed by atoms with Crippen molar-refractivity contribution in [3.63, 3.8) is 0 Å². The Bertz CT molecular complexity index is 245. The molecule has 1 rings (SSSR count). The Kier molecular flexibility index (Phi) is 5.44. The van der Waals surface area contributed by atoms with Gasteiger partial charge < -0.3 is 10.1 Å². The van der Waals surface area contributed by atoms with E-state index in [0.29, 0.717) is 18.3 Å². The van der Waals surface area contributed by atoms with Crippen molar-refractivity contribution in [3.8, 4) is 0 Å². The zero-order valence-electron chi connectivity index (χ0n) is 11.7. The van der Waals surface area contributed by atoms with E-state index in [1.165, 1.54) is 0 Å². The second-order valence-corrected chi connectivity index (χ2v) is 5.82. The molecule has 1 aliphatic rings. The Hall–Kier alpha value is -0.570. The largest absolute Gasteiger partial charge is 0.459 e. The summed E-state index contributed by atoms with van der Waals surface area (Å²) in [6.07, 6.45) is 3.78. The normalized spacial score (nSPS) is 20.0. The highest BCUT2D eigenvalue weighted by molar-refractivity contribution is 5.70. The lowest BCUT2D eigenvalue weighted by Gasteiger charge is -2.36. The van der Waals surface area contributed by atoms with Gasteiger partial charge in [-0.1, -0.05) is 20.3 Å². The van der Waals surface area contributed by atoms with Gasteiger partial charge in [-0.3, -0.25) is 4.79 Å². The van der Waals surface area contributed by atoms with Crippen LogP contribution in [0.25, 0.3) is 0 Å².